The average molecular weight is 229 g/mol. The van der Waals surface area contributed by atoms with Crippen molar-refractivity contribution in [2.24, 2.45) is 15.4 Å². The highest BCUT2D eigenvalue weighted by atomic mass is 33.1. The lowest BCUT2D eigenvalue weighted by Gasteiger charge is -2.07. The Kier molecular flexibility index (Phi) is 6.04. The van der Waals surface area contributed by atoms with E-state index in [9.17, 15) is 4.57 Å². The van der Waals surface area contributed by atoms with Crippen LogP contribution in [-0.2, 0) is 9.19 Å². The van der Waals surface area contributed by atoms with E-state index in [1.165, 1.54) is 0 Å². The molecule has 0 unspecified atom stereocenters. The molecule has 0 saturated heterocycles. The second kappa shape index (κ2) is 5.88. The summed E-state index contributed by atoms with van der Waals surface area (Å²) >= 11 is 1.18. The molecule has 0 aliphatic carbocycles. The van der Waals surface area contributed by atoms with E-state index in [0.717, 1.165) is 12.1 Å². The van der Waals surface area contributed by atoms with Gasteiger partial charge < -0.3 is 4.62 Å². The maximum atomic E-state index is 11.3. The fourth-order valence-corrected chi connectivity index (χ4v) is 1.64. The van der Waals surface area contributed by atoms with E-state index >= 15 is 0 Å². The number of rotatable bonds is 5. The third-order valence-corrected chi connectivity index (χ3v) is 5.36. The lowest BCUT2D eigenvalue weighted by atomic mass is 10.3. The van der Waals surface area contributed by atoms with Gasteiger partial charge in [-0.3, -0.25) is 10.3 Å². The van der Waals surface area contributed by atoms with E-state index in [1.54, 1.807) is 6.92 Å². The molecule has 0 radical (unpaired) electrons. The Morgan fingerprint density at radius 3 is 2.42 bits per heavy atom. The van der Waals surface area contributed by atoms with Crippen LogP contribution in [-0.4, -0.2) is 5.71 Å². The fourth-order valence-electron chi connectivity index (χ4n) is 0.248. The van der Waals surface area contributed by atoms with E-state index in [1.807, 2.05) is 6.92 Å². The van der Waals surface area contributed by atoms with Crippen molar-refractivity contribution in [1.82, 2.24) is 0 Å². The lowest BCUT2D eigenvalue weighted by Crippen LogP contribution is -1.91. The number of nitrogens with two attached hydrogens (primary N) is 2. The van der Waals surface area contributed by atoms with Crippen molar-refractivity contribution in [1.29, 1.82) is 0 Å². The van der Waals surface area contributed by atoms with Gasteiger partial charge in [0.25, 0.3) is 0 Å². The minimum absolute atomic E-state index is 0.589. The Bertz CT molecular complexity index is 202. The van der Waals surface area contributed by atoms with E-state index in [2.05, 4.69) is 5.16 Å². The molecule has 0 aromatic heterocycles. The van der Waals surface area contributed by atoms with Gasteiger partial charge in [0.15, 0.2) is 0 Å². The van der Waals surface area contributed by atoms with Gasteiger partial charge in [0.05, 0.1) is 5.71 Å². The van der Waals surface area contributed by atoms with Gasteiger partial charge in [-0.15, -0.1) is 0 Å². The third-order valence-electron chi connectivity index (χ3n) is 1.07. The molecule has 0 aliphatic rings. The molecule has 4 N–H and O–H groups in total. The summed E-state index contributed by atoms with van der Waals surface area (Å²) in [4.78, 5) is 0. The Hall–Kier alpha value is 0.320. The van der Waals surface area contributed by atoms with Crippen LogP contribution in [0.2, 0.25) is 0 Å². The molecule has 0 spiro atoms. The second-order valence-electron chi connectivity index (χ2n) is 1.92. The molecular formula is C4H12N3O2PS2. The van der Waals surface area contributed by atoms with Gasteiger partial charge in [-0.2, -0.15) is 0 Å². The summed E-state index contributed by atoms with van der Waals surface area (Å²) in [5, 5.41) is 13.8. The summed E-state index contributed by atoms with van der Waals surface area (Å²) in [7, 11) is 0. The van der Waals surface area contributed by atoms with Gasteiger partial charge in [-0.1, -0.05) is 12.1 Å². The molecule has 0 aliphatic heterocycles. The van der Waals surface area contributed by atoms with Gasteiger partial charge in [0.2, 0.25) is 0 Å². The Morgan fingerprint density at radius 2 is 2.08 bits per heavy atom. The highest BCUT2D eigenvalue weighted by Crippen LogP contribution is 2.65. The first-order valence-corrected chi connectivity index (χ1v) is 7.76. The summed E-state index contributed by atoms with van der Waals surface area (Å²) in [5.74, 6) is -3.05. The van der Waals surface area contributed by atoms with Crippen molar-refractivity contribution >= 4 is 34.6 Å². The standard InChI is InChI=1S/C4H12N3O2PS2/c1-3-4(2)7-9-10(8,11-5)12-6/h3,5-6H2,1-2H3. The molecule has 72 valence electrons. The molecule has 12 heavy (non-hydrogen) atoms. The van der Waals surface area contributed by atoms with Crippen LogP contribution in [0.3, 0.4) is 0 Å². The number of hydrogen-bond acceptors (Lipinski definition) is 7. The number of hydrogen-bond donors (Lipinski definition) is 2. The van der Waals surface area contributed by atoms with Crippen molar-refractivity contribution in [3.05, 3.63) is 0 Å². The first-order chi connectivity index (χ1) is 5.58. The maximum absolute atomic E-state index is 11.3. The predicted molar refractivity (Wildman–Crippen MR) is 55.6 cm³/mol. The van der Waals surface area contributed by atoms with Crippen LogP contribution in [0.4, 0.5) is 0 Å². The molecular weight excluding hydrogens is 217 g/mol. The molecule has 5 nitrogen and oxygen atoms in total. The lowest BCUT2D eigenvalue weighted by molar-refractivity contribution is 0.357. The SMILES string of the molecule is CCC(C)=NOP(=O)(SN)SN. The van der Waals surface area contributed by atoms with Crippen LogP contribution >= 0.6 is 28.9 Å². The van der Waals surface area contributed by atoms with E-state index in [4.69, 9.17) is 14.9 Å². The summed E-state index contributed by atoms with van der Waals surface area (Å²) in [6, 6.07) is 0. The van der Waals surface area contributed by atoms with E-state index in [0.29, 0.717) is 23.1 Å². The topological polar surface area (TPSA) is 90.7 Å². The average Bonchev–Trinajstić information content (AvgIpc) is 2.13. The molecule has 0 atom stereocenters. The highest BCUT2D eigenvalue weighted by molar-refractivity contribution is 8.88. The van der Waals surface area contributed by atoms with Crippen molar-refractivity contribution in [3.63, 3.8) is 0 Å². The van der Waals surface area contributed by atoms with Gasteiger partial charge in [-0.25, -0.2) is 4.57 Å². The third kappa shape index (κ3) is 4.37. The van der Waals surface area contributed by atoms with Crippen molar-refractivity contribution in [2.45, 2.75) is 20.3 Å². The molecule has 0 amide bonds. The summed E-state index contributed by atoms with van der Waals surface area (Å²) < 4.78 is 16.0. The van der Waals surface area contributed by atoms with Gasteiger partial charge >= 0.3 is 5.77 Å². The largest absolute Gasteiger partial charge is 0.408 e. The van der Waals surface area contributed by atoms with Gasteiger partial charge in [0.1, 0.15) is 0 Å². The Morgan fingerprint density at radius 1 is 1.58 bits per heavy atom. The van der Waals surface area contributed by atoms with Crippen LogP contribution in [0.25, 0.3) is 0 Å². The molecule has 0 fully saturated rings. The molecule has 0 heterocycles. The normalized spacial score (nSPS) is 13.2. The monoisotopic (exact) mass is 229 g/mol. The van der Waals surface area contributed by atoms with Crippen LogP contribution in [0, 0.1) is 0 Å². The van der Waals surface area contributed by atoms with Crippen LogP contribution in [0.15, 0.2) is 5.16 Å². The number of oxime groups is 1. The smallest absolute Gasteiger partial charge is 0.317 e. The molecule has 0 aromatic rings. The van der Waals surface area contributed by atoms with Gasteiger partial charge in [-0.05, 0) is 13.3 Å². The van der Waals surface area contributed by atoms with Gasteiger partial charge in [0, 0.05) is 23.1 Å². The zero-order valence-corrected chi connectivity index (χ0v) is 9.42. The van der Waals surface area contributed by atoms with Crippen LogP contribution < -0.4 is 10.3 Å². The molecule has 0 aromatic carbocycles. The molecule has 0 saturated carbocycles. The van der Waals surface area contributed by atoms with E-state index in [-0.39, 0.29) is 0 Å². The minimum Gasteiger partial charge on any atom is -0.317 e. The Balaban J connectivity index is 4.14. The number of nitrogens with zero attached hydrogens (tertiary/aromatic N) is 1. The molecule has 8 heteroatoms. The van der Waals surface area contributed by atoms with Crippen molar-refractivity contribution in [3.8, 4) is 0 Å². The summed E-state index contributed by atoms with van der Waals surface area (Å²) in [6.07, 6.45) is 0.741. The minimum atomic E-state index is -3.05. The predicted octanol–water partition coefficient (Wildman–Crippen LogP) is 2.11. The first kappa shape index (κ1) is 12.3. The quantitative estimate of drug-likeness (QED) is 0.325. The fraction of sp³-hybridized carbons (Fsp3) is 0.750. The Labute approximate surface area is 79.9 Å². The second-order valence-corrected chi connectivity index (χ2v) is 8.24. The van der Waals surface area contributed by atoms with Crippen molar-refractivity contribution < 1.29 is 9.19 Å². The molecule has 0 bridgehead atoms. The first-order valence-electron chi connectivity index (χ1n) is 3.17. The van der Waals surface area contributed by atoms with Crippen LogP contribution in [0.5, 0.6) is 0 Å². The molecule has 0 rings (SSSR count). The zero-order valence-electron chi connectivity index (χ0n) is 6.89. The maximum Gasteiger partial charge on any atom is 0.408 e. The summed E-state index contributed by atoms with van der Waals surface area (Å²) in [6.45, 7) is 3.69. The van der Waals surface area contributed by atoms with Crippen molar-refractivity contribution in [2.75, 3.05) is 0 Å². The highest BCUT2D eigenvalue weighted by Gasteiger charge is 2.23. The summed E-state index contributed by atoms with van der Waals surface area (Å²) in [5.41, 5.74) is 0.748. The van der Waals surface area contributed by atoms with E-state index < -0.39 is 5.77 Å². The zero-order chi connectivity index (χ0) is 9.61. The van der Waals surface area contributed by atoms with Crippen LogP contribution in [0.1, 0.15) is 20.3 Å².